The minimum atomic E-state index is -3.28. The van der Waals surface area contributed by atoms with Crippen LogP contribution in [0.4, 0.5) is 5.69 Å². The maximum atomic E-state index is 12.1. The molecular weight excluding hydrogens is 260 g/mol. The Labute approximate surface area is 115 Å². The van der Waals surface area contributed by atoms with Crippen LogP contribution in [0.5, 0.6) is 0 Å². The van der Waals surface area contributed by atoms with Gasteiger partial charge in [0.25, 0.3) is 0 Å². The van der Waals surface area contributed by atoms with E-state index in [-0.39, 0.29) is 11.2 Å². The first kappa shape index (κ1) is 14.3. The fraction of sp³-hybridized carbons (Fsp3) is 0.571. The molecule has 0 amide bonds. The smallest absolute Gasteiger partial charge is 0.215 e. The number of nitrogens with one attached hydrogen (secondary N) is 1. The quantitative estimate of drug-likeness (QED) is 0.786. The van der Waals surface area contributed by atoms with Crippen LogP contribution in [0.1, 0.15) is 38.2 Å². The highest BCUT2D eigenvalue weighted by molar-refractivity contribution is 7.88. The SMILES string of the molecule is CCC1(CNS(=O)(=O)Cc2cccc(N)c2)CCC1. The van der Waals surface area contributed by atoms with E-state index < -0.39 is 10.0 Å². The van der Waals surface area contributed by atoms with E-state index in [4.69, 9.17) is 5.73 Å². The Bertz CT molecular complexity index is 531. The molecule has 106 valence electrons. The topological polar surface area (TPSA) is 72.2 Å². The molecule has 1 aliphatic rings. The Hall–Kier alpha value is -1.07. The number of hydrogen-bond donors (Lipinski definition) is 2. The second kappa shape index (κ2) is 5.51. The average molecular weight is 282 g/mol. The van der Waals surface area contributed by atoms with Gasteiger partial charge in [0.1, 0.15) is 0 Å². The highest BCUT2D eigenvalue weighted by Crippen LogP contribution is 2.43. The van der Waals surface area contributed by atoms with Gasteiger partial charge in [0.05, 0.1) is 5.75 Å². The van der Waals surface area contributed by atoms with Crippen LogP contribution < -0.4 is 10.5 Å². The zero-order valence-electron chi connectivity index (χ0n) is 11.4. The molecule has 1 saturated carbocycles. The Morgan fingerprint density at radius 3 is 2.63 bits per heavy atom. The van der Waals surface area contributed by atoms with Gasteiger partial charge in [-0.05, 0) is 42.4 Å². The highest BCUT2D eigenvalue weighted by atomic mass is 32.2. The lowest BCUT2D eigenvalue weighted by molar-refractivity contribution is 0.133. The number of anilines is 1. The zero-order valence-corrected chi connectivity index (χ0v) is 12.2. The molecule has 0 radical (unpaired) electrons. The average Bonchev–Trinajstić information content (AvgIpc) is 2.27. The third kappa shape index (κ3) is 3.70. The summed E-state index contributed by atoms with van der Waals surface area (Å²) in [5, 5.41) is 0. The van der Waals surface area contributed by atoms with Crippen molar-refractivity contribution in [1.82, 2.24) is 4.72 Å². The van der Waals surface area contributed by atoms with Gasteiger partial charge in [-0.1, -0.05) is 25.5 Å². The van der Waals surface area contributed by atoms with Crippen LogP contribution in [0.25, 0.3) is 0 Å². The summed E-state index contributed by atoms with van der Waals surface area (Å²) in [6, 6.07) is 7.02. The van der Waals surface area contributed by atoms with Crippen LogP contribution >= 0.6 is 0 Å². The van der Waals surface area contributed by atoms with Gasteiger partial charge in [0.2, 0.25) is 10.0 Å². The van der Waals surface area contributed by atoms with Gasteiger partial charge in [-0.25, -0.2) is 13.1 Å². The second-order valence-corrected chi connectivity index (χ2v) is 7.34. The van der Waals surface area contributed by atoms with Gasteiger partial charge in [-0.2, -0.15) is 0 Å². The third-order valence-corrected chi connectivity index (χ3v) is 5.44. The highest BCUT2D eigenvalue weighted by Gasteiger charge is 2.35. The Balaban J connectivity index is 1.95. The molecular formula is C14H22N2O2S. The maximum absolute atomic E-state index is 12.1. The fourth-order valence-corrected chi connectivity index (χ4v) is 3.80. The monoisotopic (exact) mass is 282 g/mol. The molecule has 1 aliphatic carbocycles. The van der Waals surface area contributed by atoms with Crippen molar-refractivity contribution in [3.63, 3.8) is 0 Å². The van der Waals surface area contributed by atoms with Crippen LogP contribution in [-0.4, -0.2) is 15.0 Å². The molecule has 1 aromatic carbocycles. The fourth-order valence-electron chi connectivity index (χ4n) is 2.55. The lowest BCUT2D eigenvalue weighted by atomic mass is 9.67. The molecule has 0 aromatic heterocycles. The van der Waals surface area contributed by atoms with Gasteiger partial charge >= 0.3 is 0 Å². The Morgan fingerprint density at radius 2 is 2.11 bits per heavy atom. The summed E-state index contributed by atoms with van der Waals surface area (Å²) in [5.74, 6) is -0.00215. The first-order chi connectivity index (χ1) is 8.95. The van der Waals surface area contributed by atoms with Crippen LogP contribution in [0.15, 0.2) is 24.3 Å². The van der Waals surface area contributed by atoms with Gasteiger partial charge < -0.3 is 5.73 Å². The van der Waals surface area contributed by atoms with Crippen molar-refractivity contribution in [3.8, 4) is 0 Å². The minimum absolute atomic E-state index is 0.00215. The van der Waals surface area contributed by atoms with Crippen LogP contribution in [0.2, 0.25) is 0 Å². The number of rotatable bonds is 6. The molecule has 3 N–H and O–H groups in total. The van der Waals surface area contributed by atoms with E-state index in [0.29, 0.717) is 12.2 Å². The summed E-state index contributed by atoms with van der Waals surface area (Å²) >= 11 is 0. The largest absolute Gasteiger partial charge is 0.399 e. The first-order valence-electron chi connectivity index (χ1n) is 6.76. The van der Waals surface area contributed by atoms with E-state index in [0.717, 1.165) is 24.8 Å². The van der Waals surface area contributed by atoms with Crippen molar-refractivity contribution in [3.05, 3.63) is 29.8 Å². The van der Waals surface area contributed by atoms with Crippen LogP contribution in [0.3, 0.4) is 0 Å². The number of hydrogen-bond acceptors (Lipinski definition) is 3. The standard InChI is InChI=1S/C14H22N2O2S/c1-2-14(7-4-8-14)11-16-19(17,18)10-12-5-3-6-13(15)9-12/h3,5-6,9,16H,2,4,7-8,10-11,15H2,1H3. The number of nitrogens with two attached hydrogens (primary N) is 1. The van der Waals surface area contributed by atoms with Crippen molar-refractivity contribution in [2.75, 3.05) is 12.3 Å². The predicted molar refractivity (Wildman–Crippen MR) is 78.1 cm³/mol. The van der Waals surface area contributed by atoms with Crippen molar-refractivity contribution >= 4 is 15.7 Å². The van der Waals surface area contributed by atoms with E-state index in [2.05, 4.69) is 11.6 Å². The van der Waals surface area contributed by atoms with Crippen molar-refractivity contribution in [1.29, 1.82) is 0 Å². The minimum Gasteiger partial charge on any atom is -0.399 e. The summed E-state index contributed by atoms with van der Waals surface area (Å²) in [4.78, 5) is 0. The van der Waals surface area contributed by atoms with Gasteiger partial charge in [-0.3, -0.25) is 0 Å². The Morgan fingerprint density at radius 1 is 1.37 bits per heavy atom. The Kier molecular flexibility index (Phi) is 4.16. The van der Waals surface area contributed by atoms with E-state index in [1.807, 2.05) is 0 Å². The summed E-state index contributed by atoms with van der Waals surface area (Å²) in [6.45, 7) is 2.69. The number of benzene rings is 1. The molecule has 0 spiro atoms. The molecule has 1 fully saturated rings. The molecule has 4 nitrogen and oxygen atoms in total. The van der Waals surface area contributed by atoms with Gasteiger partial charge in [0, 0.05) is 12.2 Å². The molecule has 0 atom stereocenters. The van der Waals surface area contributed by atoms with Crippen LogP contribution in [-0.2, 0) is 15.8 Å². The summed E-state index contributed by atoms with van der Waals surface area (Å²) in [7, 11) is -3.28. The van der Waals surface area contributed by atoms with Crippen molar-refractivity contribution in [2.24, 2.45) is 5.41 Å². The summed E-state index contributed by atoms with van der Waals surface area (Å²) in [5.41, 5.74) is 7.18. The molecule has 2 rings (SSSR count). The van der Waals surface area contributed by atoms with Crippen LogP contribution in [0, 0.1) is 5.41 Å². The van der Waals surface area contributed by atoms with Crippen molar-refractivity contribution < 1.29 is 8.42 Å². The molecule has 19 heavy (non-hydrogen) atoms. The summed E-state index contributed by atoms with van der Waals surface area (Å²) in [6.07, 6.45) is 4.51. The number of sulfonamides is 1. The lowest BCUT2D eigenvalue weighted by Gasteiger charge is -2.41. The van der Waals surface area contributed by atoms with Crippen molar-refractivity contribution in [2.45, 2.75) is 38.4 Å². The molecule has 0 unspecified atom stereocenters. The second-order valence-electron chi connectivity index (χ2n) is 5.53. The van der Waals surface area contributed by atoms with Gasteiger partial charge in [-0.15, -0.1) is 0 Å². The molecule has 0 bridgehead atoms. The van der Waals surface area contributed by atoms with E-state index in [1.165, 1.54) is 6.42 Å². The lowest BCUT2D eigenvalue weighted by Crippen LogP contribution is -2.42. The third-order valence-electron chi connectivity index (χ3n) is 4.14. The van der Waals surface area contributed by atoms with Gasteiger partial charge in [0.15, 0.2) is 0 Å². The first-order valence-corrected chi connectivity index (χ1v) is 8.42. The normalized spacial score (nSPS) is 17.9. The maximum Gasteiger partial charge on any atom is 0.215 e. The molecule has 1 aromatic rings. The zero-order chi connectivity index (χ0) is 13.9. The van der Waals surface area contributed by atoms with E-state index in [1.54, 1.807) is 24.3 Å². The number of nitrogen functional groups attached to an aromatic ring is 1. The molecule has 5 heteroatoms. The molecule has 0 heterocycles. The van der Waals surface area contributed by atoms with E-state index >= 15 is 0 Å². The predicted octanol–water partition coefficient (Wildman–Crippen LogP) is 2.27. The molecule has 0 saturated heterocycles. The molecule has 0 aliphatic heterocycles. The van der Waals surface area contributed by atoms with E-state index in [9.17, 15) is 8.42 Å². The summed E-state index contributed by atoms with van der Waals surface area (Å²) < 4.78 is 26.9.